The molecule has 1 aromatic rings. The minimum Gasteiger partial charge on any atom is -0.245 e. The third-order valence-corrected chi connectivity index (χ3v) is 0.730. The van der Waals surface area contributed by atoms with Crippen LogP contribution in [0.5, 0.6) is 0 Å². The van der Waals surface area contributed by atoms with Crippen LogP contribution in [0.25, 0.3) is 0 Å². The molecular weight excluding hydrogens is 124 g/mol. The van der Waals surface area contributed by atoms with Crippen LogP contribution in [0.3, 0.4) is 0 Å². The summed E-state index contributed by atoms with van der Waals surface area (Å²) >= 11 is 0. The predicted octanol–water partition coefficient (Wildman–Crippen LogP) is 2.45. The van der Waals surface area contributed by atoms with Crippen molar-refractivity contribution in [2.24, 2.45) is 0 Å². The summed E-state index contributed by atoms with van der Waals surface area (Å²) < 4.78 is 5.75. The van der Waals surface area contributed by atoms with E-state index in [0.29, 0.717) is 0 Å². The highest BCUT2D eigenvalue weighted by Gasteiger charge is 1.74. The predicted molar refractivity (Wildman–Crippen MR) is 44.8 cm³/mol. The van der Waals surface area contributed by atoms with Crippen LogP contribution >= 0.6 is 0 Å². The minimum atomic E-state index is 1.01. The van der Waals surface area contributed by atoms with Crippen LogP contribution < -0.4 is 0 Å². The molecule has 0 bridgehead atoms. The molecule has 0 aliphatic rings. The van der Waals surface area contributed by atoms with E-state index in [2.05, 4.69) is 9.97 Å². The van der Waals surface area contributed by atoms with Gasteiger partial charge >= 0.3 is 0 Å². The Morgan fingerprint density at radius 2 is 2.10 bits per heavy atom. The maximum absolute atomic E-state index is 5.75. The van der Waals surface area contributed by atoms with Crippen LogP contribution in [-0.2, 0) is 0 Å². The Morgan fingerprint density at radius 3 is 2.30 bits per heavy atom. The number of aryl methyl sites for hydroxylation is 1. The van der Waals surface area contributed by atoms with Gasteiger partial charge in [0.25, 0.3) is 0 Å². The van der Waals surface area contributed by atoms with Crippen molar-refractivity contribution in [1.82, 2.24) is 9.97 Å². The molecule has 0 fully saturated rings. The number of hydrogen-bond donors (Lipinski definition) is 0. The summed E-state index contributed by atoms with van der Waals surface area (Å²) in [6.45, 7) is 5.93. The molecule has 1 heterocycles. The van der Waals surface area contributed by atoms with Gasteiger partial charge in [0.2, 0.25) is 0 Å². The number of rotatable bonds is 0. The molecule has 0 saturated heterocycles. The second-order valence-electron chi connectivity index (χ2n) is 1.35. The Labute approximate surface area is 64.7 Å². The van der Waals surface area contributed by atoms with Crippen molar-refractivity contribution in [1.29, 1.82) is 0 Å². The van der Waals surface area contributed by atoms with E-state index in [1.165, 1.54) is 13.7 Å². The first kappa shape index (κ1) is 9.08. The molecule has 0 amide bonds. The maximum atomic E-state index is 5.75. The zero-order valence-electron chi connectivity index (χ0n) is 8.13. The second-order valence-corrected chi connectivity index (χ2v) is 1.35. The van der Waals surface area contributed by atoms with E-state index in [-0.39, 0.29) is 0 Å². The van der Waals surface area contributed by atoms with Crippen molar-refractivity contribution in [3.05, 3.63) is 24.3 Å². The van der Waals surface area contributed by atoms with E-state index < -0.39 is 0 Å². The molecule has 0 atom stereocenters. The summed E-state index contributed by atoms with van der Waals surface area (Å²) in [6.07, 6.45) is 3.26. The molecule has 0 aromatic carbocycles. The summed E-state index contributed by atoms with van der Waals surface area (Å²) in [5.74, 6) is 0. The fraction of sp³-hybridized carbons (Fsp3) is 0.500. The topological polar surface area (TPSA) is 25.8 Å². The highest BCUT2D eigenvalue weighted by Crippen LogP contribution is 1.82. The molecule has 58 valence electrons. The molecule has 0 N–H and O–H groups in total. The molecule has 10 heavy (non-hydrogen) atoms. The van der Waals surface area contributed by atoms with Crippen molar-refractivity contribution >= 4 is 0 Å². The monoisotopic (exact) mass is 141 g/mol. The molecular formula is C8H16N2. The number of nitrogens with zero attached hydrogens (tertiary/aromatic N) is 2. The molecule has 2 heteroatoms. The molecule has 0 aliphatic heterocycles. The third kappa shape index (κ3) is 5.22. The van der Waals surface area contributed by atoms with Gasteiger partial charge in [-0.2, -0.15) is 0 Å². The lowest BCUT2D eigenvalue weighted by Crippen LogP contribution is -1.77. The van der Waals surface area contributed by atoms with Gasteiger partial charge in [-0.15, -0.1) is 0 Å². The molecule has 2 nitrogen and oxygen atoms in total. The van der Waals surface area contributed by atoms with Crippen LogP contribution in [0.1, 0.15) is 28.3 Å². The van der Waals surface area contributed by atoms with Crippen LogP contribution in [-0.4, -0.2) is 9.97 Å². The lowest BCUT2D eigenvalue weighted by Gasteiger charge is -1.81. The number of hydrogen-bond acceptors (Lipinski definition) is 2. The summed E-state index contributed by atoms with van der Waals surface area (Å²) in [7, 11) is 1.25. The molecule has 0 radical (unpaired) electrons. The first-order chi connectivity index (χ1) is 5.39. The van der Waals surface area contributed by atoms with Crippen molar-refractivity contribution in [2.45, 2.75) is 28.2 Å². The van der Waals surface area contributed by atoms with Gasteiger partial charge in [0.1, 0.15) is 6.33 Å². The van der Waals surface area contributed by atoms with Crippen molar-refractivity contribution < 1.29 is 1.37 Å². The van der Waals surface area contributed by atoms with Gasteiger partial charge in [-0.1, -0.05) is 21.3 Å². The first-order valence-electron chi connectivity index (χ1n) is 4.12. The molecule has 1 aromatic heterocycles. The normalized spacial score (nSPS) is 7.40. The molecule has 0 aliphatic carbocycles. The Bertz CT molecular complexity index is 142. The average molecular weight is 141 g/mol. The van der Waals surface area contributed by atoms with Gasteiger partial charge in [0, 0.05) is 13.3 Å². The fourth-order valence-electron chi connectivity index (χ4n) is 0.357. The molecule has 0 saturated carbocycles. The third-order valence-electron chi connectivity index (χ3n) is 0.730. The van der Waals surface area contributed by atoms with E-state index in [0.717, 1.165) is 5.69 Å². The van der Waals surface area contributed by atoms with E-state index in [4.69, 9.17) is 1.37 Å². The van der Waals surface area contributed by atoms with Gasteiger partial charge in [-0.25, -0.2) is 9.97 Å². The van der Waals surface area contributed by atoms with Crippen LogP contribution in [0.15, 0.2) is 18.6 Å². The summed E-state index contributed by atoms with van der Waals surface area (Å²) in [6, 6.07) is 1.86. The van der Waals surface area contributed by atoms with Crippen molar-refractivity contribution in [3.63, 3.8) is 0 Å². The SMILES string of the molecule is CC.Cc1ccncn1.[2H]C. The van der Waals surface area contributed by atoms with E-state index >= 15 is 0 Å². The fourth-order valence-corrected chi connectivity index (χ4v) is 0.357. The molecule has 0 unspecified atom stereocenters. The van der Waals surface area contributed by atoms with Gasteiger partial charge in [0.15, 0.2) is 0 Å². The number of aromatic nitrogens is 2. The standard InChI is InChI=1S/C5H6N2.C2H6.CH4/c1-5-2-3-6-4-7-5;1-2;/h2-4H,1H3;1-2H3;1H4/i;;1D. The Balaban J connectivity index is 0. The highest BCUT2D eigenvalue weighted by molar-refractivity contribution is 4.92. The minimum absolute atomic E-state index is 1.01. The Kier molecular flexibility index (Phi) is 7.34. The maximum Gasteiger partial charge on any atom is 0.115 e. The Hall–Kier alpha value is -0.920. The summed E-state index contributed by atoms with van der Waals surface area (Å²) in [4.78, 5) is 7.60. The van der Waals surface area contributed by atoms with Gasteiger partial charge < -0.3 is 0 Å². The summed E-state index contributed by atoms with van der Waals surface area (Å²) in [5.41, 5.74) is 1.01. The van der Waals surface area contributed by atoms with E-state index in [1.807, 2.05) is 26.8 Å². The van der Waals surface area contributed by atoms with Crippen LogP contribution in [0.2, 0.25) is 0 Å². The lowest BCUT2D eigenvalue weighted by atomic mass is 10.5. The molecule has 1 rings (SSSR count). The zero-order valence-corrected chi connectivity index (χ0v) is 7.13. The van der Waals surface area contributed by atoms with E-state index in [9.17, 15) is 0 Å². The van der Waals surface area contributed by atoms with Gasteiger partial charge in [0.05, 0.1) is 0 Å². The average Bonchev–Trinajstić information content (AvgIpc) is 2.13. The quantitative estimate of drug-likeness (QED) is 0.554. The van der Waals surface area contributed by atoms with Crippen molar-refractivity contribution in [3.8, 4) is 0 Å². The van der Waals surface area contributed by atoms with Gasteiger partial charge in [-0.05, 0) is 13.0 Å². The zero-order chi connectivity index (χ0) is 9.11. The second kappa shape index (κ2) is 8.08. The van der Waals surface area contributed by atoms with Crippen LogP contribution in [0, 0.1) is 6.92 Å². The molecule has 0 spiro atoms. The Morgan fingerprint density at radius 1 is 1.50 bits per heavy atom. The first-order valence-corrected chi connectivity index (χ1v) is 3.12. The van der Waals surface area contributed by atoms with Crippen LogP contribution in [0.4, 0.5) is 0 Å². The summed E-state index contributed by atoms with van der Waals surface area (Å²) in [5, 5.41) is 0. The highest BCUT2D eigenvalue weighted by atomic mass is 14.8. The van der Waals surface area contributed by atoms with Gasteiger partial charge in [-0.3, -0.25) is 0 Å². The van der Waals surface area contributed by atoms with E-state index in [1.54, 1.807) is 6.20 Å². The van der Waals surface area contributed by atoms with Crippen molar-refractivity contribution in [2.75, 3.05) is 0 Å². The largest absolute Gasteiger partial charge is 0.245 e. The lowest BCUT2D eigenvalue weighted by molar-refractivity contribution is 1.10. The smallest absolute Gasteiger partial charge is 0.115 e.